The van der Waals surface area contributed by atoms with Gasteiger partial charge in [0.2, 0.25) is 0 Å². The minimum Gasteiger partial charge on any atom is -0.469 e. The molecule has 7 heteroatoms. The van der Waals surface area contributed by atoms with Gasteiger partial charge in [-0.1, -0.05) is 0 Å². The average Bonchev–Trinajstić information content (AvgIpc) is 3.06. The summed E-state index contributed by atoms with van der Waals surface area (Å²) in [4.78, 5) is 7.19. The first-order valence-electron chi connectivity index (χ1n) is 8.58. The maximum atomic E-state index is 5.50. The summed E-state index contributed by atoms with van der Waals surface area (Å²) < 4.78 is 10.8. The SMILES string of the molecule is CCNC(=NCC(C)N1CCOCC1C)NCCc1ccco1.I. The van der Waals surface area contributed by atoms with Crippen molar-refractivity contribution in [2.45, 2.75) is 39.3 Å². The molecule has 2 unspecified atom stereocenters. The Balaban J connectivity index is 0.00000288. The molecule has 1 aromatic rings. The van der Waals surface area contributed by atoms with E-state index in [-0.39, 0.29) is 24.0 Å². The van der Waals surface area contributed by atoms with Crippen molar-refractivity contribution in [1.29, 1.82) is 0 Å². The fraction of sp³-hybridized carbons (Fsp3) is 0.706. The van der Waals surface area contributed by atoms with Gasteiger partial charge in [-0.05, 0) is 32.9 Å². The van der Waals surface area contributed by atoms with Crippen LogP contribution in [0.2, 0.25) is 0 Å². The Morgan fingerprint density at radius 3 is 2.96 bits per heavy atom. The molecular formula is C17H31IN4O2. The number of furan rings is 1. The first-order chi connectivity index (χ1) is 11.2. The van der Waals surface area contributed by atoms with Gasteiger partial charge in [-0.3, -0.25) is 9.89 Å². The van der Waals surface area contributed by atoms with Crippen LogP contribution in [0, 0.1) is 0 Å². The molecule has 0 radical (unpaired) electrons. The second-order valence-corrected chi connectivity index (χ2v) is 5.99. The number of aliphatic imine (C=N–C) groups is 1. The zero-order valence-electron chi connectivity index (χ0n) is 15.0. The van der Waals surface area contributed by atoms with E-state index in [1.807, 2.05) is 12.1 Å². The Morgan fingerprint density at radius 2 is 2.29 bits per heavy atom. The van der Waals surface area contributed by atoms with Crippen molar-refractivity contribution in [3.8, 4) is 0 Å². The van der Waals surface area contributed by atoms with Crippen LogP contribution in [0.5, 0.6) is 0 Å². The number of halogens is 1. The van der Waals surface area contributed by atoms with Gasteiger partial charge in [0, 0.05) is 38.1 Å². The molecule has 1 aliphatic rings. The van der Waals surface area contributed by atoms with Gasteiger partial charge in [0.15, 0.2) is 5.96 Å². The normalized spacial score (nSPS) is 20.3. The van der Waals surface area contributed by atoms with Gasteiger partial charge in [0.1, 0.15) is 5.76 Å². The summed E-state index contributed by atoms with van der Waals surface area (Å²) >= 11 is 0. The van der Waals surface area contributed by atoms with Crippen LogP contribution in [0.15, 0.2) is 27.8 Å². The molecular weight excluding hydrogens is 419 g/mol. The van der Waals surface area contributed by atoms with E-state index < -0.39 is 0 Å². The van der Waals surface area contributed by atoms with Crippen LogP contribution < -0.4 is 10.6 Å². The van der Waals surface area contributed by atoms with Crippen LogP contribution in [-0.4, -0.2) is 62.3 Å². The largest absolute Gasteiger partial charge is 0.469 e. The highest BCUT2D eigenvalue weighted by Crippen LogP contribution is 2.10. The van der Waals surface area contributed by atoms with Crippen molar-refractivity contribution >= 4 is 29.9 Å². The summed E-state index contributed by atoms with van der Waals surface area (Å²) in [6.45, 7) is 11.6. The van der Waals surface area contributed by atoms with E-state index in [1.165, 1.54) is 0 Å². The van der Waals surface area contributed by atoms with Gasteiger partial charge in [0.05, 0.1) is 26.0 Å². The Morgan fingerprint density at radius 1 is 1.46 bits per heavy atom. The number of ether oxygens (including phenoxy) is 1. The van der Waals surface area contributed by atoms with E-state index in [0.29, 0.717) is 12.1 Å². The molecule has 1 fully saturated rings. The van der Waals surface area contributed by atoms with Crippen molar-refractivity contribution in [3.63, 3.8) is 0 Å². The van der Waals surface area contributed by atoms with Crippen molar-refractivity contribution in [1.82, 2.24) is 15.5 Å². The third-order valence-corrected chi connectivity index (χ3v) is 4.09. The molecule has 2 rings (SSSR count). The van der Waals surface area contributed by atoms with Gasteiger partial charge in [-0.2, -0.15) is 0 Å². The number of nitrogens with one attached hydrogen (secondary N) is 2. The highest BCUT2D eigenvalue weighted by Gasteiger charge is 2.23. The molecule has 0 spiro atoms. The molecule has 1 aromatic heterocycles. The van der Waals surface area contributed by atoms with Gasteiger partial charge >= 0.3 is 0 Å². The predicted octanol–water partition coefficient (Wildman–Crippen LogP) is 2.10. The zero-order chi connectivity index (χ0) is 16.5. The highest BCUT2D eigenvalue weighted by atomic mass is 127. The van der Waals surface area contributed by atoms with Gasteiger partial charge in [0.25, 0.3) is 0 Å². The number of guanidine groups is 1. The van der Waals surface area contributed by atoms with Crippen LogP contribution >= 0.6 is 24.0 Å². The number of rotatable bonds is 7. The molecule has 1 saturated heterocycles. The molecule has 0 aliphatic carbocycles. The summed E-state index contributed by atoms with van der Waals surface area (Å²) in [6.07, 6.45) is 2.56. The molecule has 0 bridgehead atoms. The van der Waals surface area contributed by atoms with E-state index in [9.17, 15) is 0 Å². The Kier molecular flexibility index (Phi) is 10.4. The van der Waals surface area contributed by atoms with Crippen LogP contribution in [0.3, 0.4) is 0 Å². The summed E-state index contributed by atoms with van der Waals surface area (Å²) in [7, 11) is 0. The molecule has 1 aliphatic heterocycles. The molecule has 0 aromatic carbocycles. The van der Waals surface area contributed by atoms with E-state index in [4.69, 9.17) is 14.1 Å². The number of hydrogen-bond acceptors (Lipinski definition) is 4. The highest BCUT2D eigenvalue weighted by molar-refractivity contribution is 14.0. The summed E-state index contributed by atoms with van der Waals surface area (Å²) in [5.41, 5.74) is 0. The number of nitrogens with zero attached hydrogens (tertiary/aromatic N) is 2. The minimum absolute atomic E-state index is 0. The standard InChI is InChI=1S/C17H30N4O2.HI/c1-4-18-17(19-8-7-16-6-5-10-23-16)20-12-14(2)21-9-11-22-13-15(21)3;/h5-6,10,14-15H,4,7-9,11-13H2,1-3H3,(H2,18,19,20);1H. The van der Waals surface area contributed by atoms with E-state index in [1.54, 1.807) is 6.26 Å². The molecule has 6 nitrogen and oxygen atoms in total. The fourth-order valence-electron chi connectivity index (χ4n) is 2.82. The fourth-order valence-corrected chi connectivity index (χ4v) is 2.82. The quantitative estimate of drug-likeness (QED) is 0.379. The second kappa shape index (κ2) is 11.7. The van der Waals surface area contributed by atoms with Crippen molar-refractivity contribution in [3.05, 3.63) is 24.2 Å². The molecule has 138 valence electrons. The Bertz CT molecular complexity index is 467. The van der Waals surface area contributed by atoms with Gasteiger partial charge < -0.3 is 19.8 Å². The third-order valence-electron chi connectivity index (χ3n) is 4.09. The van der Waals surface area contributed by atoms with Crippen molar-refractivity contribution < 1.29 is 9.15 Å². The lowest BCUT2D eigenvalue weighted by Crippen LogP contribution is -2.49. The van der Waals surface area contributed by atoms with Crippen LogP contribution in [-0.2, 0) is 11.2 Å². The molecule has 0 amide bonds. The number of hydrogen-bond donors (Lipinski definition) is 2. The van der Waals surface area contributed by atoms with Crippen molar-refractivity contribution in [2.24, 2.45) is 4.99 Å². The maximum absolute atomic E-state index is 5.50. The summed E-state index contributed by atoms with van der Waals surface area (Å²) in [5, 5.41) is 6.66. The Labute approximate surface area is 162 Å². The molecule has 24 heavy (non-hydrogen) atoms. The van der Waals surface area contributed by atoms with E-state index >= 15 is 0 Å². The smallest absolute Gasteiger partial charge is 0.191 e. The van der Waals surface area contributed by atoms with Crippen LogP contribution in [0.4, 0.5) is 0 Å². The first-order valence-corrected chi connectivity index (χ1v) is 8.58. The van der Waals surface area contributed by atoms with Gasteiger partial charge in [-0.25, -0.2) is 0 Å². The lowest BCUT2D eigenvalue weighted by atomic mass is 10.2. The van der Waals surface area contributed by atoms with Crippen molar-refractivity contribution in [2.75, 3.05) is 39.4 Å². The summed E-state index contributed by atoms with van der Waals surface area (Å²) in [6, 6.07) is 4.78. The second-order valence-electron chi connectivity index (χ2n) is 5.99. The van der Waals surface area contributed by atoms with Crippen LogP contribution in [0.25, 0.3) is 0 Å². The monoisotopic (exact) mass is 450 g/mol. The minimum atomic E-state index is 0. The lowest BCUT2D eigenvalue weighted by Gasteiger charge is -2.37. The third kappa shape index (κ3) is 6.98. The topological polar surface area (TPSA) is 62.0 Å². The predicted molar refractivity (Wildman–Crippen MR) is 108 cm³/mol. The zero-order valence-corrected chi connectivity index (χ0v) is 17.3. The first kappa shape index (κ1) is 21.2. The molecule has 0 saturated carbocycles. The lowest BCUT2D eigenvalue weighted by molar-refractivity contribution is -0.0165. The molecule has 2 N–H and O–H groups in total. The van der Waals surface area contributed by atoms with Gasteiger partial charge in [-0.15, -0.1) is 24.0 Å². The van der Waals surface area contributed by atoms with E-state index in [2.05, 4.69) is 36.3 Å². The maximum Gasteiger partial charge on any atom is 0.191 e. The molecule has 2 atom stereocenters. The Hall–Kier alpha value is -0.800. The average molecular weight is 450 g/mol. The number of morpholine rings is 1. The van der Waals surface area contributed by atoms with E-state index in [0.717, 1.165) is 57.5 Å². The van der Waals surface area contributed by atoms with Crippen LogP contribution in [0.1, 0.15) is 26.5 Å². The molecule has 2 heterocycles. The summed E-state index contributed by atoms with van der Waals surface area (Å²) in [5.74, 6) is 1.86.